The summed E-state index contributed by atoms with van der Waals surface area (Å²) >= 11 is 1.91. The van der Waals surface area contributed by atoms with Crippen LogP contribution in [0, 0.1) is 0 Å². The van der Waals surface area contributed by atoms with Gasteiger partial charge < -0.3 is 4.90 Å². The summed E-state index contributed by atoms with van der Waals surface area (Å²) < 4.78 is 2.67. The van der Waals surface area contributed by atoms with Crippen molar-refractivity contribution in [2.75, 3.05) is 4.90 Å². The maximum atomic E-state index is 2.54. The number of hydrogen-bond acceptors (Lipinski definition) is 2. The molecule has 1 aliphatic rings. The summed E-state index contributed by atoms with van der Waals surface area (Å²) in [5.74, 6) is 0. The van der Waals surface area contributed by atoms with E-state index < -0.39 is 0 Å². The van der Waals surface area contributed by atoms with Crippen LogP contribution in [0.25, 0.3) is 64.0 Å². The van der Waals surface area contributed by atoms with Crippen molar-refractivity contribution >= 4 is 70.1 Å². The molecule has 1 aliphatic carbocycles. The number of benzene rings is 8. The summed E-state index contributed by atoms with van der Waals surface area (Å²) in [6.07, 6.45) is 0. The van der Waals surface area contributed by atoms with Crippen LogP contribution in [0.5, 0.6) is 0 Å². The Kier molecular flexibility index (Phi) is 6.16. The summed E-state index contributed by atoms with van der Waals surface area (Å²) in [5, 5.41) is 7.75. The maximum absolute atomic E-state index is 2.54. The first-order chi connectivity index (χ1) is 24.1. The number of nitrogens with zero attached hydrogens (tertiary/aromatic N) is 1. The fourth-order valence-corrected chi connectivity index (χ4v) is 9.54. The monoisotopic (exact) mass is 643 g/mol. The molecule has 0 fully saturated rings. The molecule has 0 aliphatic heterocycles. The van der Waals surface area contributed by atoms with Crippen molar-refractivity contribution in [1.29, 1.82) is 0 Å². The molecule has 0 saturated heterocycles. The topological polar surface area (TPSA) is 3.24 Å². The van der Waals surface area contributed by atoms with E-state index in [0.29, 0.717) is 0 Å². The largest absolute Gasteiger partial charge is 0.309 e. The van der Waals surface area contributed by atoms with Gasteiger partial charge in [0.05, 0.1) is 11.4 Å². The highest BCUT2D eigenvalue weighted by Gasteiger charge is 2.38. The third-order valence-electron chi connectivity index (χ3n) is 10.6. The van der Waals surface area contributed by atoms with Gasteiger partial charge in [-0.25, -0.2) is 0 Å². The quantitative estimate of drug-likeness (QED) is 0.173. The van der Waals surface area contributed by atoms with Gasteiger partial charge in [0.15, 0.2) is 0 Å². The van der Waals surface area contributed by atoms with Crippen LogP contribution in [0.4, 0.5) is 17.1 Å². The first kappa shape index (κ1) is 28.3. The molecule has 9 aromatic rings. The second-order valence-electron chi connectivity index (χ2n) is 13.7. The highest BCUT2D eigenvalue weighted by molar-refractivity contribution is 7.26. The predicted octanol–water partition coefficient (Wildman–Crippen LogP) is 13.8. The number of hydrogen-bond donors (Lipinski definition) is 0. The summed E-state index contributed by atoms with van der Waals surface area (Å²) in [6, 6.07) is 60.6. The molecule has 0 atom stereocenters. The molecular weight excluding hydrogens is 611 g/mol. The predicted molar refractivity (Wildman–Crippen MR) is 212 cm³/mol. The van der Waals surface area contributed by atoms with Gasteiger partial charge in [-0.1, -0.05) is 147 Å². The zero-order valence-corrected chi connectivity index (χ0v) is 28.3. The van der Waals surface area contributed by atoms with Crippen molar-refractivity contribution in [3.05, 3.63) is 175 Å². The molecule has 0 saturated carbocycles. The first-order valence-electron chi connectivity index (χ1n) is 17.0. The molecule has 0 amide bonds. The van der Waals surface area contributed by atoms with Gasteiger partial charge in [-0.15, -0.1) is 11.3 Å². The Hall–Kier alpha value is -5.70. The number of rotatable bonds is 4. The minimum atomic E-state index is -0.101. The highest BCUT2D eigenvalue weighted by atomic mass is 32.1. The Labute approximate surface area is 290 Å². The molecule has 0 unspecified atom stereocenters. The van der Waals surface area contributed by atoms with E-state index in [9.17, 15) is 0 Å². The van der Waals surface area contributed by atoms with E-state index in [1.165, 1.54) is 86.5 Å². The van der Waals surface area contributed by atoms with Gasteiger partial charge in [-0.05, 0) is 68.9 Å². The fraction of sp³-hybridized carbons (Fsp3) is 0.0638. The average Bonchev–Trinajstić information content (AvgIpc) is 3.64. The molecular formula is C47H33NS. The van der Waals surface area contributed by atoms with Gasteiger partial charge in [0, 0.05) is 47.6 Å². The molecule has 0 N–H and O–H groups in total. The van der Waals surface area contributed by atoms with Gasteiger partial charge in [0.2, 0.25) is 0 Å². The number of anilines is 3. The Morgan fingerprint density at radius 3 is 2.04 bits per heavy atom. The van der Waals surface area contributed by atoms with Crippen LogP contribution < -0.4 is 4.90 Å². The molecule has 10 rings (SSSR count). The van der Waals surface area contributed by atoms with Crippen molar-refractivity contribution < 1.29 is 0 Å². The summed E-state index contributed by atoms with van der Waals surface area (Å²) in [6.45, 7) is 4.73. The van der Waals surface area contributed by atoms with E-state index in [-0.39, 0.29) is 5.41 Å². The van der Waals surface area contributed by atoms with Crippen LogP contribution in [0.3, 0.4) is 0 Å². The van der Waals surface area contributed by atoms with E-state index >= 15 is 0 Å². The lowest BCUT2D eigenvalue weighted by molar-refractivity contribution is 0.660. The third kappa shape index (κ3) is 4.17. The van der Waals surface area contributed by atoms with Gasteiger partial charge in [-0.3, -0.25) is 0 Å². The molecule has 232 valence electrons. The lowest BCUT2D eigenvalue weighted by atomic mass is 9.82. The van der Waals surface area contributed by atoms with Crippen molar-refractivity contribution in [3.63, 3.8) is 0 Å². The Morgan fingerprint density at radius 2 is 1.18 bits per heavy atom. The van der Waals surface area contributed by atoms with Crippen molar-refractivity contribution in [3.8, 4) is 22.3 Å². The van der Waals surface area contributed by atoms with Crippen LogP contribution in [0.1, 0.15) is 25.0 Å². The molecule has 2 heteroatoms. The van der Waals surface area contributed by atoms with Crippen LogP contribution in [0.2, 0.25) is 0 Å². The number of thiophene rings is 1. The molecule has 0 bridgehead atoms. The molecule has 0 spiro atoms. The highest BCUT2D eigenvalue weighted by Crippen LogP contribution is 2.55. The van der Waals surface area contributed by atoms with Crippen LogP contribution >= 0.6 is 11.3 Å². The van der Waals surface area contributed by atoms with Crippen LogP contribution in [-0.2, 0) is 5.41 Å². The van der Waals surface area contributed by atoms with E-state index in [1.807, 2.05) is 11.3 Å². The molecule has 1 aromatic heterocycles. The lowest BCUT2D eigenvalue weighted by Crippen LogP contribution is -2.16. The molecule has 0 radical (unpaired) electrons. The Balaban J connectivity index is 1.33. The molecule has 1 nitrogen and oxygen atoms in total. The maximum Gasteiger partial charge on any atom is 0.0547 e. The minimum absolute atomic E-state index is 0.101. The van der Waals surface area contributed by atoms with E-state index in [2.05, 4.69) is 183 Å². The first-order valence-corrected chi connectivity index (χ1v) is 17.8. The van der Waals surface area contributed by atoms with Gasteiger partial charge >= 0.3 is 0 Å². The lowest BCUT2D eigenvalue weighted by Gasteiger charge is -2.30. The van der Waals surface area contributed by atoms with Crippen molar-refractivity contribution in [1.82, 2.24) is 0 Å². The van der Waals surface area contributed by atoms with Crippen molar-refractivity contribution in [2.24, 2.45) is 0 Å². The summed E-state index contributed by atoms with van der Waals surface area (Å²) in [5.41, 5.74) is 11.3. The normalized spacial score (nSPS) is 13.3. The van der Waals surface area contributed by atoms with E-state index in [1.54, 1.807) is 0 Å². The third-order valence-corrected chi connectivity index (χ3v) is 11.9. The van der Waals surface area contributed by atoms with Crippen molar-refractivity contribution in [2.45, 2.75) is 19.3 Å². The average molecular weight is 644 g/mol. The van der Waals surface area contributed by atoms with Gasteiger partial charge in [-0.2, -0.15) is 0 Å². The zero-order valence-electron chi connectivity index (χ0n) is 27.4. The molecule has 49 heavy (non-hydrogen) atoms. The van der Waals surface area contributed by atoms with Crippen LogP contribution in [0.15, 0.2) is 164 Å². The second kappa shape index (κ2) is 10.7. The standard InChI is InChI=1S/C47H33NS/c1-47(2)39-19-10-8-18-36(39)45-40(47)20-12-21-41(45)48(33-26-23-31(24-27-33)30-13-4-3-5-14-30)42-29-38-35-17-9-11-22-43(35)49-46(38)44-34-16-7-6-15-32(34)25-28-37(42)44/h3-29H,1-2H3. The van der Waals surface area contributed by atoms with Gasteiger partial charge in [0.1, 0.15) is 0 Å². The fourth-order valence-electron chi connectivity index (χ4n) is 8.29. The number of fused-ring (bicyclic) bond motifs is 10. The summed E-state index contributed by atoms with van der Waals surface area (Å²) in [4.78, 5) is 2.54. The zero-order chi connectivity index (χ0) is 32.7. The van der Waals surface area contributed by atoms with E-state index in [0.717, 1.165) is 5.69 Å². The minimum Gasteiger partial charge on any atom is -0.309 e. The Bertz CT molecular complexity index is 2730. The van der Waals surface area contributed by atoms with Gasteiger partial charge in [0.25, 0.3) is 0 Å². The SMILES string of the molecule is CC1(C)c2ccccc2-c2c(N(c3ccc(-c4ccccc4)cc3)c3cc4c5ccccc5sc4c4c3ccc3ccccc34)cccc21. The molecule has 1 heterocycles. The van der Waals surface area contributed by atoms with E-state index in [4.69, 9.17) is 0 Å². The van der Waals surface area contributed by atoms with Crippen LogP contribution in [-0.4, -0.2) is 0 Å². The smallest absolute Gasteiger partial charge is 0.0547 e. The summed E-state index contributed by atoms with van der Waals surface area (Å²) in [7, 11) is 0. The second-order valence-corrected chi connectivity index (χ2v) is 14.8. The molecule has 8 aromatic carbocycles. The Morgan fingerprint density at radius 1 is 0.490 bits per heavy atom.